The van der Waals surface area contributed by atoms with Gasteiger partial charge in [-0.2, -0.15) is 5.10 Å². The van der Waals surface area contributed by atoms with Crippen LogP contribution in [0.25, 0.3) is 0 Å². The fraction of sp³-hybridized carbons (Fsp3) is 0.357. The number of nitrogens with zero attached hydrogens (tertiary/aromatic N) is 2. The number of hydrogen-bond donors (Lipinski definition) is 1. The summed E-state index contributed by atoms with van der Waals surface area (Å²) in [5.41, 5.74) is 8.39. The summed E-state index contributed by atoms with van der Waals surface area (Å²) in [5, 5.41) is 4.53. The van der Waals surface area contributed by atoms with E-state index in [4.69, 9.17) is 5.73 Å². The Morgan fingerprint density at radius 3 is 2.58 bits per heavy atom. The summed E-state index contributed by atoms with van der Waals surface area (Å²) >= 11 is 7.00. The van der Waals surface area contributed by atoms with Crippen LogP contribution < -0.4 is 5.73 Å². The normalized spacial score (nSPS) is 12.9. The van der Waals surface area contributed by atoms with Crippen molar-refractivity contribution in [1.82, 2.24) is 9.78 Å². The second kappa shape index (κ2) is 6.20. The zero-order valence-electron chi connectivity index (χ0n) is 11.0. The number of benzene rings is 1. The van der Waals surface area contributed by atoms with E-state index in [9.17, 15) is 0 Å². The molecule has 5 heteroatoms. The molecule has 0 aliphatic heterocycles. The molecule has 0 amide bonds. The van der Waals surface area contributed by atoms with E-state index in [2.05, 4.69) is 50.8 Å². The van der Waals surface area contributed by atoms with Crippen molar-refractivity contribution in [1.29, 1.82) is 0 Å². The van der Waals surface area contributed by atoms with E-state index in [1.165, 1.54) is 0 Å². The summed E-state index contributed by atoms with van der Waals surface area (Å²) in [6, 6.07) is 8.42. The summed E-state index contributed by atoms with van der Waals surface area (Å²) in [7, 11) is 0. The van der Waals surface area contributed by atoms with Crippen LogP contribution in [0.5, 0.6) is 0 Å². The van der Waals surface area contributed by atoms with Gasteiger partial charge in [0.1, 0.15) is 0 Å². The van der Waals surface area contributed by atoms with Crippen molar-refractivity contribution in [2.45, 2.75) is 32.4 Å². The van der Waals surface area contributed by atoms with Crippen molar-refractivity contribution in [2.24, 2.45) is 5.73 Å². The maximum atomic E-state index is 6.27. The summed E-state index contributed by atoms with van der Waals surface area (Å²) in [4.78, 5) is 0. The zero-order chi connectivity index (χ0) is 14.0. The Labute approximate surface area is 130 Å². The van der Waals surface area contributed by atoms with Crippen molar-refractivity contribution in [3.63, 3.8) is 0 Å². The largest absolute Gasteiger partial charge is 0.324 e. The Morgan fingerprint density at radius 1 is 1.26 bits per heavy atom. The topological polar surface area (TPSA) is 43.8 Å². The van der Waals surface area contributed by atoms with Gasteiger partial charge in [0, 0.05) is 33.6 Å². The molecule has 1 aromatic carbocycles. The first-order valence-electron chi connectivity index (χ1n) is 6.22. The molecule has 0 aliphatic rings. The molecule has 0 bridgehead atoms. The predicted octanol–water partition coefficient (Wildman–Crippen LogP) is 4.23. The minimum atomic E-state index is -0.0574. The lowest BCUT2D eigenvalue weighted by molar-refractivity contribution is 0.522. The van der Waals surface area contributed by atoms with Crippen LogP contribution in [0, 0.1) is 0 Å². The highest BCUT2D eigenvalue weighted by Gasteiger charge is 2.13. The third-order valence-corrected chi connectivity index (χ3v) is 4.16. The molecule has 0 saturated heterocycles. The lowest BCUT2D eigenvalue weighted by atomic mass is 10.0. The third-order valence-electron chi connectivity index (χ3n) is 2.98. The molecule has 2 aromatic rings. The second-order valence-electron chi connectivity index (χ2n) is 4.86. The molecule has 2 rings (SSSR count). The average molecular weight is 387 g/mol. The van der Waals surface area contributed by atoms with Gasteiger partial charge in [-0.05, 0) is 37.6 Å². The van der Waals surface area contributed by atoms with Gasteiger partial charge in [0.2, 0.25) is 0 Å². The number of hydrogen-bond acceptors (Lipinski definition) is 2. The molecule has 1 heterocycles. The average Bonchev–Trinajstić information content (AvgIpc) is 2.77. The van der Waals surface area contributed by atoms with E-state index >= 15 is 0 Å². The molecule has 0 fully saturated rings. The van der Waals surface area contributed by atoms with Crippen molar-refractivity contribution < 1.29 is 0 Å². The molecular weight excluding hydrogens is 370 g/mol. The first-order chi connectivity index (χ1) is 8.97. The van der Waals surface area contributed by atoms with Gasteiger partial charge in [0.15, 0.2) is 0 Å². The number of rotatable bonds is 4. The first-order valence-corrected chi connectivity index (χ1v) is 7.80. The standard InChI is InChI=1S/C14H17Br2N3/c1-9(2)19-6-5-11(18-19)8-14(17)12-4-3-10(15)7-13(12)16/h3-7,9,14H,8,17H2,1-2H3. The molecule has 2 N–H and O–H groups in total. The van der Waals surface area contributed by atoms with Crippen LogP contribution in [-0.2, 0) is 6.42 Å². The molecule has 0 aliphatic carbocycles. The number of halogens is 2. The highest BCUT2D eigenvalue weighted by atomic mass is 79.9. The van der Waals surface area contributed by atoms with Crippen LogP contribution >= 0.6 is 31.9 Å². The van der Waals surface area contributed by atoms with E-state index < -0.39 is 0 Å². The number of nitrogens with two attached hydrogens (primary N) is 1. The number of aromatic nitrogens is 2. The van der Waals surface area contributed by atoms with E-state index in [-0.39, 0.29) is 6.04 Å². The van der Waals surface area contributed by atoms with E-state index in [0.29, 0.717) is 6.04 Å². The Kier molecular flexibility index (Phi) is 4.81. The summed E-state index contributed by atoms with van der Waals surface area (Å²) in [5.74, 6) is 0. The van der Waals surface area contributed by atoms with Crippen LogP contribution in [-0.4, -0.2) is 9.78 Å². The van der Waals surface area contributed by atoms with Crippen molar-refractivity contribution >= 4 is 31.9 Å². The fourth-order valence-electron chi connectivity index (χ4n) is 1.91. The SMILES string of the molecule is CC(C)n1ccc(CC(N)c2ccc(Br)cc2Br)n1. The monoisotopic (exact) mass is 385 g/mol. The van der Waals surface area contributed by atoms with Crippen molar-refractivity contribution in [2.75, 3.05) is 0 Å². The predicted molar refractivity (Wildman–Crippen MR) is 85.1 cm³/mol. The van der Waals surface area contributed by atoms with Gasteiger partial charge in [-0.15, -0.1) is 0 Å². The quantitative estimate of drug-likeness (QED) is 0.854. The Balaban J connectivity index is 2.13. The molecule has 1 unspecified atom stereocenters. The molecule has 0 radical (unpaired) electrons. The zero-order valence-corrected chi connectivity index (χ0v) is 14.1. The maximum absolute atomic E-state index is 6.27. The summed E-state index contributed by atoms with van der Waals surface area (Å²) in [6.45, 7) is 4.23. The van der Waals surface area contributed by atoms with Gasteiger partial charge < -0.3 is 5.73 Å². The second-order valence-corrected chi connectivity index (χ2v) is 6.63. The first kappa shape index (κ1) is 14.8. The Morgan fingerprint density at radius 2 is 2.00 bits per heavy atom. The molecule has 0 spiro atoms. The van der Waals surface area contributed by atoms with Crippen LogP contribution in [0.2, 0.25) is 0 Å². The fourth-order valence-corrected chi connectivity index (χ4v) is 3.25. The van der Waals surface area contributed by atoms with E-state index in [1.807, 2.05) is 35.1 Å². The minimum absolute atomic E-state index is 0.0574. The highest BCUT2D eigenvalue weighted by Crippen LogP contribution is 2.27. The molecule has 1 aromatic heterocycles. The summed E-state index contributed by atoms with van der Waals surface area (Å²) in [6.07, 6.45) is 2.74. The smallest absolute Gasteiger partial charge is 0.0643 e. The maximum Gasteiger partial charge on any atom is 0.0643 e. The van der Waals surface area contributed by atoms with Gasteiger partial charge >= 0.3 is 0 Å². The van der Waals surface area contributed by atoms with E-state index in [0.717, 1.165) is 26.6 Å². The lowest BCUT2D eigenvalue weighted by Gasteiger charge is -2.13. The van der Waals surface area contributed by atoms with E-state index in [1.54, 1.807) is 0 Å². The molecule has 19 heavy (non-hydrogen) atoms. The van der Waals surface area contributed by atoms with Crippen molar-refractivity contribution in [3.05, 3.63) is 50.7 Å². The van der Waals surface area contributed by atoms with Crippen LogP contribution in [0.15, 0.2) is 39.4 Å². The Hall–Kier alpha value is -0.650. The van der Waals surface area contributed by atoms with Gasteiger partial charge in [0.25, 0.3) is 0 Å². The Bertz CT molecular complexity index is 564. The lowest BCUT2D eigenvalue weighted by Crippen LogP contribution is -2.14. The van der Waals surface area contributed by atoms with Gasteiger partial charge in [-0.3, -0.25) is 4.68 Å². The highest BCUT2D eigenvalue weighted by molar-refractivity contribution is 9.11. The van der Waals surface area contributed by atoms with Gasteiger partial charge in [0.05, 0.1) is 5.69 Å². The van der Waals surface area contributed by atoms with Crippen molar-refractivity contribution in [3.8, 4) is 0 Å². The van der Waals surface area contributed by atoms with Gasteiger partial charge in [-0.1, -0.05) is 37.9 Å². The van der Waals surface area contributed by atoms with Crippen LogP contribution in [0.1, 0.15) is 37.2 Å². The van der Waals surface area contributed by atoms with Gasteiger partial charge in [-0.25, -0.2) is 0 Å². The molecule has 1 atom stereocenters. The van der Waals surface area contributed by atoms with Crippen LogP contribution in [0.4, 0.5) is 0 Å². The molecular formula is C14H17Br2N3. The molecule has 102 valence electrons. The minimum Gasteiger partial charge on any atom is -0.324 e. The summed E-state index contributed by atoms with van der Waals surface area (Å²) < 4.78 is 4.02. The molecule has 3 nitrogen and oxygen atoms in total. The molecule has 0 saturated carbocycles. The van der Waals surface area contributed by atoms with Crippen LogP contribution in [0.3, 0.4) is 0 Å². The third kappa shape index (κ3) is 3.68.